The molecule has 0 aliphatic carbocycles. The van der Waals surface area contributed by atoms with Crippen LogP contribution < -0.4 is 5.32 Å². The van der Waals surface area contributed by atoms with E-state index in [1.54, 1.807) is 0 Å². The second-order valence-electron chi connectivity index (χ2n) is 4.88. The van der Waals surface area contributed by atoms with Crippen molar-refractivity contribution in [3.05, 3.63) is 24.8 Å². The van der Waals surface area contributed by atoms with Gasteiger partial charge >= 0.3 is 0 Å². The molecule has 4 heterocycles. The maximum absolute atomic E-state index is 4.48. The van der Waals surface area contributed by atoms with Crippen LogP contribution in [0.1, 0.15) is 18.9 Å². The zero-order valence-corrected chi connectivity index (χ0v) is 10.1. The normalized spacial score (nSPS) is 20.8. The van der Waals surface area contributed by atoms with Crippen molar-refractivity contribution < 1.29 is 0 Å². The third-order valence-corrected chi connectivity index (χ3v) is 3.78. The molecule has 5 heteroatoms. The molecule has 4 rings (SSSR count). The Balaban J connectivity index is 1.96. The van der Waals surface area contributed by atoms with Gasteiger partial charge in [-0.3, -0.25) is 0 Å². The van der Waals surface area contributed by atoms with Crippen molar-refractivity contribution in [1.29, 1.82) is 0 Å². The number of piperidine rings is 1. The highest BCUT2D eigenvalue weighted by Gasteiger charge is 2.18. The number of nitrogens with zero attached hydrogens (tertiary/aromatic N) is 3. The number of pyridine rings is 1. The summed E-state index contributed by atoms with van der Waals surface area (Å²) in [5.74, 6) is 0. The lowest BCUT2D eigenvalue weighted by Gasteiger charge is -2.24. The molecule has 0 bridgehead atoms. The molecule has 1 fully saturated rings. The van der Waals surface area contributed by atoms with Crippen molar-refractivity contribution >= 4 is 22.1 Å². The van der Waals surface area contributed by atoms with Gasteiger partial charge in [0.1, 0.15) is 11.2 Å². The number of nitrogens with one attached hydrogen (secondary N) is 2. The van der Waals surface area contributed by atoms with Gasteiger partial charge in [0.25, 0.3) is 0 Å². The highest BCUT2D eigenvalue weighted by molar-refractivity contribution is 6.00. The average molecular weight is 241 g/mol. The van der Waals surface area contributed by atoms with Crippen LogP contribution in [0.15, 0.2) is 24.8 Å². The molecule has 0 radical (unpaired) electrons. The molecular weight excluding hydrogens is 226 g/mol. The molecule has 3 aromatic rings. The highest BCUT2D eigenvalue weighted by atomic mass is 15.1. The lowest BCUT2D eigenvalue weighted by molar-refractivity contribution is 0.378. The van der Waals surface area contributed by atoms with Crippen LogP contribution in [-0.2, 0) is 0 Å². The van der Waals surface area contributed by atoms with Gasteiger partial charge in [-0.2, -0.15) is 0 Å². The average Bonchev–Trinajstić information content (AvgIpc) is 3.05. The number of H-pyrrole nitrogens is 1. The van der Waals surface area contributed by atoms with E-state index in [1.807, 2.05) is 18.7 Å². The van der Waals surface area contributed by atoms with Gasteiger partial charge in [-0.25, -0.2) is 9.97 Å². The van der Waals surface area contributed by atoms with Crippen LogP contribution in [0.3, 0.4) is 0 Å². The van der Waals surface area contributed by atoms with Gasteiger partial charge in [0, 0.05) is 24.2 Å². The first-order valence-corrected chi connectivity index (χ1v) is 6.43. The summed E-state index contributed by atoms with van der Waals surface area (Å²) in [6.45, 7) is 2.16. The summed E-state index contributed by atoms with van der Waals surface area (Å²) in [6, 6.07) is 2.59. The maximum atomic E-state index is 4.48. The zero-order valence-electron chi connectivity index (χ0n) is 10.1. The molecule has 0 saturated carbocycles. The van der Waals surface area contributed by atoms with Gasteiger partial charge in [0.2, 0.25) is 0 Å². The van der Waals surface area contributed by atoms with Crippen molar-refractivity contribution in [1.82, 2.24) is 24.8 Å². The number of hydrogen-bond donors (Lipinski definition) is 2. The lowest BCUT2D eigenvalue weighted by atomic mass is 10.1. The molecule has 0 unspecified atom stereocenters. The van der Waals surface area contributed by atoms with Gasteiger partial charge < -0.3 is 14.9 Å². The van der Waals surface area contributed by atoms with Gasteiger partial charge in [0.15, 0.2) is 0 Å². The Bertz CT molecular complexity index is 690. The van der Waals surface area contributed by atoms with Crippen molar-refractivity contribution in [2.24, 2.45) is 0 Å². The quantitative estimate of drug-likeness (QED) is 0.683. The van der Waals surface area contributed by atoms with Crippen LogP contribution in [0.4, 0.5) is 0 Å². The Morgan fingerprint density at radius 2 is 2.33 bits per heavy atom. The van der Waals surface area contributed by atoms with Crippen LogP contribution in [0.25, 0.3) is 22.1 Å². The Morgan fingerprint density at radius 3 is 3.22 bits per heavy atom. The standard InChI is InChI=1S/C13H15N5/c1-2-9(6-14-4-1)18-8-17-11-7-16-13-10(12(11)18)3-5-15-13/h3,5,7-9,14H,1-2,4,6H2,(H,15,16)/t9-/m1/s1. The highest BCUT2D eigenvalue weighted by Crippen LogP contribution is 2.27. The molecule has 0 spiro atoms. The van der Waals surface area contributed by atoms with Crippen LogP contribution in [0.5, 0.6) is 0 Å². The summed E-state index contributed by atoms with van der Waals surface area (Å²) in [4.78, 5) is 12.0. The maximum Gasteiger partial charge on any atom is 0.139 e. The first kappa shape index (κ1) is 10.1. The Kier molecular flexibility index (Phi) is 2.14. The van der Waals surface area contributed by atoms with E-state index in [2.05, 4.69) is 30.9 Å². The predicted molar refractivity (Wildman–Crippen MR) is 70.5 cm³/mol. The molecule has 3 aromatic heterocycles. The van der Waals surface area contributed by atoms with Crippen LogP contribution in [-0.4, -0.2) is 32.6 Å². The molecule has 5 nitrogen and oxygen atoms in total. The van der Waals surface area contributed by atoms with E-state index < -0.39 is 0 Å². The number of rotatable bonds is 1. The first-order valence-electron chi connectivity index (χ1n) is 6.43. The molecule has 1 aliphatic rings. The summed E-state index contributed by atoms with van der Waals surface area (Å²) in [5, 5.41) is 4.62. The van der Waals surface area contributed by atoms with Gasteiger partial charge in [-0.1, -0.05) is 0 Å². The Morgan fingerprint density at radius 1 is 1.33 bits per heavy atom. The molecule has 1 aliphatic heterocycles. The topological polar surface area (TPSA) is 58.5 Å². The second kappa shape index (κ2) is 3.81. The minimum atomic E-state index is 0.504. The Hall–Kier alpha value is -1.88. The Labute approximate surface area is 104 Å². The molecule has 0 aromatic carbocycles. The second-order valence-corrected chi connectivity index (χ2v) is 4.88. The predicted octanol–water partition coefficient (Wildman–Crippen LogP) is 1.84. The molecule has 92 valence electrons. The fourth-order valence-corrected chi connectivity index (χ4v) is 2.88. The number of imidazole rings is 1. The van der Waals surface area contributed by atoms with Crippen molar-refractivity contribution in [3.8, 4) is 0 Å². The molecular formula is C13H15N5. The van der Waals surface area contributed by atoms with E-state index in [-0.39, 0.29) is 0 Å². The van der Waals surface area contributed by atoms with Gasteiger partial charge in [-0.05, 0) is 25.5 Å². The number of fused-ring (bicyclic) bond motifs is 3. The summed E-state index contributed by atoms with van der Waals surface area (Å²) in [5.41, 5.74) is 3.12. The van der Waals surface area contributed by atoms with E-state index in [1.165, 1.54) is 18.4 Å². The van der Waals surface area contributed by atoms with Crippen molar-refractivity contribution in [2.45, 2.75) is 18.9 Å². The third kappa shape index (κ3) is 1.37. The van der Waals surface area contributed by atoms with Crippen LogP contribution in [0, 0.1) is 0 Å². The van der Waals surface area contributed by atoms with Crippen LogP contribution in [0.2, 0.25) is 0 Å². The summed E-state index contributed by atoms with van der Waals surface area (Å²) >= 11 is 0. The van der Waals surface area contributed by atoms with Crippen molar-refractivity contribution in [2.75, 3.05) is 13.1 Å². The van der Waals surface area contributed by atoms with Gasteiger partial charge in [-0.15, -0.1) is 0 Å². The summed E-state index contributed by atoms with van der Waals surface area (Å²) in [7, 11) is 0. The SMILES string of the molecule is c1cc2c(ncc3ncn([C@@H]4CCCNC4)c32)[nH]1. The van der Waals surface area contributed by atoms with Crippen LogP contribution >= 0.6 is 0 Å². The van der Waals surface area contributed by atoms with Crippen molar-refractivity contribution in [3.63, 3.8) is 0 Å². The zero-order chi connectivity index (χ0) is 11.9. The molecule has 1 saturated heterocycles. The minimum absolute atomic E-state index is 0.504. The molecule has 0 amide bonds. The largest absolute Gasteiger partial charge is 0.346 e. The summed E-state index contributed by atoms with van der Waals surface area (Å²) < 4.78 is 2.30. The minimum Gasteiger partial charge on any atom is -0.346 e. The van der Waals surface area contributed by atoms with E-state index in [9.17, 15) is 0 Å². The molecule has 2 N–H and O–H groups in total. The monoisotopic (exact) mass is 241 g/mol. The summed E-state index contributed by atoms with van der Waals surface area (Å²) in [6.07, 6.45) is 8.18. The third-order valence-electron chi connectivity index (χ3n) is 3.78. The fraction of sp³-hybridized carbons (Fsp3) is 0.385. The van der Waals surface area contributed by atoms with E-state index in [0.29, 0.717) is 6.04 Å². The van der Waals surface area contributed by atoms with E-state index in [0.717, 1.165) is 29.6 Å². The van der Waals surface area contributed by atoms with E-state index in [4.69, 9.17) is 0 Å². The van der Waals surface area contributed by atoms with Gasteiger partial charge in [0.05, 0.1) is 18.0 Å². The fourth-order valence-electron chi connectivity index (χ4n) is 2.88. The lowest BCUT2D eigenvalue weighted by Crippen LogP contribution is -2.31. The molecule has 1 atom stereocenters. The van der Waals surface area contributed by atoms with E-state index >= 15 is 0 Å². The number of aromatic nitrogens is 4. The molecule has 18 heavy (non-hydrogen) atoms. The first-order chi connectivity index (χ1) is 8.93. The number of aromatic amines is 1. The number of hydrogen-bond acceptors (Lipinski definition) is 3. The smallest absolute Gasteiger partial charge is 0.139 e.